The first-order valence-corrected chi connectivity index (χ1v) is 14.6. The van der Waals surface area contributed by atoms with Crippen LogP contribution in [0.5, 0.6) is 17.2 Å². The minimum Gasteiger partial charge on any atom is -0.493 e. The van der Waals surface area contributed by atoms with E-state index in [2.05, 4.69) is 15.6 Å². The van der Waals surface area contributed by atoms with E-state index in [4.69, 9.17) is 19.3 Å². The molecule has 0 spiro atoms. The van der Waals surface area contributed by atoms with Crippen LogP contribution in [0.4, 0.5) is 23.2 Å². The first kappa shape index (κ1) is 33.5. The monoisotopic (exact) mass is 655 g/mol. The first-order valence-electron chi connectivity index (χ1n) is 14.6. The summed E-state index contributed by atoms with van der Waals surface area (Å²) >= 11 is 0. The molecule has 0 saturated carbocycles. The van der Waals surface area contributed by atoms with Crippen LogP contribution < -0.4 is 24.8 Å². The van der Waals surface area contributed by atoms with Crippen molar-refractivity contribution >= 4 is 11.6 Å². The number of nitrogens with one attached hydrogen (secondary N) is 2. The Morgan fingerprint density at radius 3 is 2.43 bits per heavy atom. The molecule has 1 aromatic heterocycles. The van der Waals surface area contributed by atoms with E-state index in [9.17, 15) is 27.5 Å². The van der Waals surface area contributed by atoms with E-state index >= 15 is 0 Å². The second kappa shape index (κ2) is 13.5. The third-order valence-corrected chi connectivity index (χ3v) is 7.90. The molecule has 0 radical (unpaired) electrons. The highest BCUT2D eigenvalue weighted by atomic mass is 19.4. The number of methoxy groups -OCH3 is 1. The number of para-hydroxylation sites is 1. The van der Waals surface area contributed by atoms with Crippen molar-refractivity contribution < 1.29 is 46.8 Å². The number of fused-ring (bicyclic) bond motifs is 1. The van der Waals surface area contributed by atoms with Crippen LogP contribution in [0.3, 0.4) is 0 Å². The fourth-order valence-electron chi connectivity index (χ4n) is 5.18. The molecule has 0 aliphatic carbocycles. The number of aliphatic hydroxyl groups is 2. The van der Waals surface area contributed by atoms with Crippen LogP contribution in [0.15, 0.2) is 78.9 Å². The molecule has 1 unspecified atom stereocenters. The number of amides is 1. The lowest BCUT2D eigenvalue weighted by Crippen LogP contribution is -2.51. The maximum Gasteiger partial charge on any atom is 0.424 e. The fourth-order valence-corrected chi connectivity index (χ4v) is 5.18. The molecule has 3 aromatic carbocycles. The quantitative estimate of drug-likeness (QED) is 0.154. The van der Waals surface area contributed by atoms with Crippen LogP contribution >= 0.6 is 0 Å². The van der Waals surface area contributed by atoms with E-state index in [1.165, 1.54) is 37.4 Å². The highest BCUT2D eigenvalue weighted by Gasteiger charge is 2.57. The molecule has 5 rings (SSSR count). The lowest BCUT2D eigenvalue weighted by molar-refractivity contribution is -0.265. The number of carbonyl (C=O) groups excluding carboxylic acids is 1. The second-order valence-electron chi connectivity index (χ2n) is 11.3. The molecule has 9 nitrogen and oxygen atoms in total. The Labute approximate surface area is 268 Å². The summed E-state index contributed by atoms with van der Waals surface area (Å²) in [5.41, 5.74) is -3.96. The van der Waals surface area contributed by atoms with Gasteiger partial charge in [-0.25, -0.2) is 9.37 Å². The summed E-state index contributed by atoms with van der Waals surface area (Å²) in [6.07, 6.45) is -5.29. The summed E-state index contributed by atoms with van der Waals surface area (Å²) in [6.45, 7) is 0.563. The topological polar surface area (TPSA) is 122 Å². The Kier molecular flexibility index (Phi) is 9.59. The molecule has 0 fully saturated rings. The van der Waals surface area contributed by atoms with E-state index in [1.807, 2.05) is 37.3 Å². The molecule has 0 bridgehead atoms. The number of hydrogen-bond acceptors (Lipinski definition) is 8. The summed E-state index contributed by atoms with van der Waals surface area (Å²) in [4.78, 5) is 17.3. The van der Waals surface area contributed by atoms with Gasteiger partial charge in [0.1, 0.15) is 23.9 Å². The maximum absolute atomic E-state index is 14.8. The van der Waals surface area contributed by atoms with Gasteiger partial charge in [-0.1, -0.05) is 25.1 Å². The lowest BCUT2D eigenvalue weighted by Gasteiger charge is -2.32. The third-order valence-electron chi connectivity index (χ3n) is 7.90. The number of hydrogen-bond donors (Lipinski definition) is 4. The van der Waals surface area contributed by atoms with Gasteiger partial charge in [0.2, 0.25) is 5.60 Å². The van der Waals surface area contributed by atoms with Crippen molar-refractivity contribution in [2.24, 2.45) is 0 Å². The molecule has 13 heteroatoms. The van der Waals surface area contributed by atoms with Gasteiger partial charge in [-0.3, -0.25) is 4.79 Å². The Morgan fingerprint density at radius 2 is 1.77 bits per heavy atom. The van der Waals surface area contributed by atoms with Crippen LogP contribution in [0.2, 0.25) is 0 Å². The van der Waals surface area contributed by atoms with E-state index in [1.54, 1.807) is 0 Å². The predicted octanol–water partition coefficient (Wildman–Crippen LogP) is 5.21. The Balaban J connectivity index is 1.52. The van der Waals surface area contributed by atoms with Gasteiger partial charge in [0.15, 0.2) is 11.5 Å². The van der Waals surface area contributed by atoms with Crippen LogP contribution in [0.1, 0.15) is 28.5 Å². The normalized spacial score (nSPS) is 16.9. The standard InChI is InChI=1S/C34H33F4N3O6/c1-32(18-39-24-6-4-3-5-7-24)20-47-30-25(32)17-28(41-29(30)21-8-11-23(35)12-9-21)33(44,34(36,37)38)19-40-31(43)22-10-13-26(46-15-14-42)27(16-22)45-2/h3-13,16-17,39,42,44H,14-15,18-20H2,1-2H3,(H,40,43)/t32-,33?/m0/s1. The number of aromatic nitrogens is 1. The van der Waals surface area contributed by atoms with Gasteiger partial charge in [-0.05, 0) is 60.7 Å². The van der Waals surface area contributed by atoms with Crippen LogP contribution in [-0.4, -0.2) is 67.3 Å². The molecule has 2 heterocycles. The Hall–Kier alpha value is -4.88. The van der Waals surface area contributed by atoms with E-state index < -0.39 is 41.2 Å². The smallest absolute Gasteiger partial charge is 0.424 e. The van der Waals surface area contributed by atoms with Gasteiger partial charge in [-0.15, -0.1) is 0 Å². The molecule has 4 aromatic rings. The van der Waals surface area contributed by atoms with Crippen molar-refractivity contribution in [1.29, 1.82) is 0 Å². The van der Waals surface area contributed by atoms with Gasteiger partial charge >= 0.3 is 6.18 Å². The molecule has 1 amide bonds. The molecule has 2 atom stereocenters. The van der Waals surface area contributed by atoms with Crippen LogP contribution in [-0.2, 0) is 11.0 Å². The summed E-state index contributed by atoms with van der Waals surface area (Å²) in [7, 11) is 1.32. The number of nitrogens with zero attached hydrogens (tertiary/aromatic N) is 1. The molecule has 4 N–H and O–H groups in total. The molecule has 0 saturated heterocycles. The van der Waals surface area contributed by atoms with Crippen molar-refractivity contribution in [3.63, 3.8) is 0 Å². The number of alkyl halides is 3. The number of benzene rings is 3. The molecular weight excluding hydrogens is 622 g/mol. The largest absolute Gasteiger partial charge is 0.493 e. The van der Waals surface area contributed by atoms with Crippen molar-refractivity contribution in [3.05, 3.63) is 102 Å². The van der Waals surface area contributed by atoms with Crippen LogP contribution in [0, 0.1) is 5.82 Å². The number of carbonyl (C=O) groups is 1. The summed E-state index contributed by atoms with van der Waals surface area (Å²) in [5, 5.41) is 25.9. The number of halogens is 4. The Bertz CT molecular complexity index is 1720. The highest BCUT2D eigenvalue weighted by molar-refractivity contribution is 5.95. The van der Waals surface area contributed by atoms with Crippen LogP contribution in [0.25, 0.3) is 11.3 Å². The minimum absolute atomic E-state index is 0.0156. The van der Waals surface area contributed by atoms with E-state index in [0.717, 1.165) is 23.9 Å². The molecule has 248 valence electrons. The molecule has 1 aliphatic rings. The van der Waals surface area contributed by atoms with Gasteiger partial charge in [0, 0.05) is 34.3 Å². The number of aliphatic hydroxyl groups excluding tert-OH is 1. The maximum atomic E-state index is 14.8. The number of pyridine rings is 1. The van der Waals surface area contributed by atoms with Gasteiger partial charge in [-0.2, -0.15) is 13.2 Å². The van der Waals surface area contributed by atoms with Gasteiger partial charge in [0.05, 0.1) is 32.6 Å². The SMILES string of the molecule is COc1cc(C(=O)NCC(O)(c2cc3c(c(-c4ccc(F)cc4)n2)OC[C@]3(C)CNc2ccccc2)C(F)(F)F)ccc1OCCO. The minimum atomic E-state index is -5.29. The highest BCUT2D eigenvalue weighted by Crippen LogP contribution is 2.48. The number of ether oxygens (including phenoxy) is 3. The van der Waals surface area contributed by atoms with Crippen molar-refractivity contribution in [3.8, 4) is 28.5 Å². The average molecular weight is 656 g/mol. The zero-order chi connectivity index (χ0) is 33.8. The van der Waals surface area contributed by atoms with E-state index in [-0.39, 0.29) is 60.4 Å². The zero-order valence-corrected chi connectivity index (χ0v) is 25.5. The first-order chi connectivity index (χ1) is 22.4. The predicted molar refractivity (Wildman–Crippen MR) is 165 cm³/mol. The molecule has 47 heavy (non-hydrogen) atoms. The number of anilines is 1. The van der Waals surface area contributed by atoms with Gasteiger partial charge < -0.3 is 35.1 Å². The average Bonchev–Trinajstić information content (AvgIpc) is 3.41. The lowest BCUT2D eigenvalue weighted by atomic mass is 9.82. The zero-order valence-electron chi connectivity index (χ0n) is 25.5. The molecular formula is C34H33F4N3O6. The van der Waals surface area contributed by atoms with Crippen molar-refractivity contribution in [2.45, 2.75) is 24.1 Å². The third kappa shape index (κ3) is 6.96. The number of rotatable bonds is 12. The second-order valence-corrected chi connectivity index (χ2v) is 11.3. The summed E-state index contributed by atoms with van der Waals surface area (Å²) in [6, 6.07) is 19.3. The summed E-state index contributed by atoms with van der Waals surface area (Å²) < 4.78 is 74.9. The summed E-state index contributed by atoms with van der Waals surface area (Å²) in [5.74, 6) is -0.947. The Morgan fingerprint density at radius 1 is 1.04 bits per heavy atom. The van der Waals surface area contributed by atoms with Gasteiger partial charge in [0.25, 0.3) is 5.91 Å². The fraction of sp³-hybridized carbons (Fsp3) is 0.294. The van der Waals surface area contributed by atoms with Crippen molar-refractivity contribution in [1.82, 2.24) is 10.3 Å². The van der Waals surface area contributed by atoms with Crippen molar-refractivity contribution in [2.75, 3.05) is 45.3 Å². The molecule has 1 aliphatic heterocycles. The van der Waals surface area contributed by atoms with E-state index in [0.29, 0.717) is 5.56 Å².